The van der Waals surface area contributed by atoms with Crippen LogP contribution in [0.4, 0.5) is 26.3 Å². The lowest BCUT2D eigenvalue weighted by atomic mass is 9.77. The molecule has 0 N–H and O–H groups in total. The van der Waals surface area contributed by atoms with Crippen molar-refractivity contribution >= 4 is 0 Å². The van der Waals surface area contributed by atoms with E-state index >= 15 is 8.78 Å². The van der Waals surface area contributed by atoms with E-state index in [9.17, 15) is 17.6 Å². The van der Waals surface area contributed by atoms with Crippen LogP contribution in [-0.4, -0.2) is 0 Å². The average molecular weight is 478 g/mol. The van der Waals surface area contributed by atoms with Crippen molar-refractivity contribution in [2.24, 2.45) is 5.92 Å². The third kappa shape index (κ3) is 4.40. The Hall–Kier alpha value is -2.96. The van der Waals surface area contributed by atoms with E-state index in [4.69, 9.17) is 4.74 Å². The first-order valence-electron chi connectivity index (χ1n) is 11.3. The molecule has 0 bridgehead atoms. The number of halogens is 6. The van der Waals surface area contributed by atoms with Gasteiger partial charge in [-0.25, -0.2) is 26.3 Å². The Labute approximate surface area is 194 Å². The van der Waals surface area contributed by atoms with Gasteiger partial charge >= 0.3 is 0 Å². The van der Waals surface area contributed by atoms with E-state index in [0.717, 1.165) is 38.3 Å². The lowest BCUT2D eigenvalue weighted by Gasteiger charge is -2.30. The molecule has 0 spiro atoms. The van der Waals surface area contributed by atoms with Gasteiger partial charge in [0, 0.05) is 16.7 Å². The summed E-state index contributed by atoms with van der Waals surface area (Å²) >= 11 is 0. The summed E-state index contributed by atoms with van der Waals surface area (Å²) in [5.74, 6) is -8.26. The Morgan fingerprint density at radius 2 is 1.41 bits per heavy atom. The smallest absolute Gasteiger partial charge is 0.194 e. The number of benzene rings is 3. The molecule has 0 amide bonds. The van der Waals surface area contributed by atoms with Crippen LogP contribution in [0.15, 0.2) is 36.4 Å². The van der Waals surface area contributed by atoms with Gasteiger partial charge in [-0.3, -0.25) is 0 Å². The molecule has 0 radical (unpaired) electrons. The molecular weight excluding hydrogens is 454 g/mol. The average Bonchev–Trinajstić information content (AvgIpc) is 2.85. The summed E-state index contributed by atoms with van der Waals surface area (Å²) in [7, 11) is 0. The van der Waals surface area contributed by atoms with Gasteiger partial charge in [0.15, 0.2) is 40.7 Å². The Morgan fingerprint density at radius 1 is 0.794 bits per heavy atom. The molecule has 1 aliphatic rings. The zero-order chi connectivity index (χ0) is 24.6. The van der Waals surface area contributed by atoms with Crippen LogP contribution in [0.1, 0.15) is 56.1 Å². The van der Waals surface area contributed by atoms with Gasteiger partial charge < -0.3 is 4.74 Å². The van der Waals surface area contributed by atoms with Gasteiger partial charge in [-0.15, -0.1) is 0 Å². The summed E-state index contributed by atoms with van der Waals surface area (Å²) in [4.78, 5) is 0. The highest BCUT2D eigenvalue weighted by Gasteiger charge is 2.32. The summed E-state index contributed by atoms with van der Waals surface area (Å²) in [6.07, 6.45) is 3.71. The first kappa shape index (κ1) is 24.2. The van der Waals surface area contributed by atoms with E-state index in [1.807, 2.05) is 0 Å². The second-order valence-corrected chi connectivity index (χ2v) is 8.79. The first-order chi connectivity index (χ1) is 16.2. The summed E-state index contributed by atoms with van der Waals surface area (Å²) in [5, 5.41) is 0. The lowest BCUT2D eigenvalue weighted by Crippen LogP contribution is -2.16. The van der Waals surface area contributed by atoms with E-state index in [-0.39, 0.29) is 22.4 Å². The largest absolute Gasteiger partial charge is 0.453 e. The van der Waals surface area contributed by atoms with E-state index < -0.39 is 52.1 Å². The summed E-state index contributed by atoms with van der Waals surface area (Å²) < 4.78 is 92.0. The van der Waals surface area contributed by atoms with Gasteiger partial charge in [0.05, 0.1) is 0 Å². The van der Waals surface area contributed by atoms with E-state index in [0.29, 0.717) is 18.8 Å². The molecular formula is C27H24F6O. The van der Waals surface area contributed by atoms with Gasteiger partial charge in [-0.2, -0.15) is 0 Å². The van der Waals surface area contributed by atoms with Crippen LogP contribution in [0.25, 0.3) is 11.1 Å². The van der Waals surface area contributed by atoms with E-state index in [2.05, 4.69) is 6.92 Å². The van der Waals surface area contributed by atoms with Crippen molar-refractivity contribution in [3.05, 3.63) is 82.4 Å². The molecule has 1 aliphatic carbocycles. The monoisotopic (exact) mass is 478 g/mol. The highest BCUT2D eigenvalue weighted by Crippen LogP contribution is 2.46. The fourth-order valence-electron chi connectivity index (χ4n) is 4.71. The van der Waals surface area contributed by atoms with Crippen LogP contribution in [-0.2, 0) is 0 Å². The molecule has 34 heavy (non-hydrogen) atoms. The zero-order valence-corrected chi connectivity index (χ0v) is 18.8. The summed E-state index contributed by atoms with van der Waals surface area (Å²) in [6.45, 7) is 3.19. The van der Waals surface area contributed by atoms with Crippen molar-refractivity contribution in [1.82, 2.24) is 0 Å². The molecule has 4 rings (SSSR count). The molecule has 7 heteroatoms. The SMILES string of the molecule is CCC1CCC(c2c(F)c(F)c(C)c(F)c2Oc2ccccc2-c2cc(F)c(F)c(F)c2)CC1. The molecule has 0 aliphatic heterocycles. The minimum Gasteiger partial charge on any atom is -0.453 e. The van der Waals surface area contributed by atoms with Crippen molar-refractivity contribution in [2.45, 2.75) is 51.9 Å². The Morgan fingerprint density at radius 3 is 2.03 bits per heavy atom. The van der Waals surface area contributed by atoms with Crippen molar-refractivity contribution in [3.8, 4) is 22.6 Å². The molecule has 1 nitrogen and oxygen atoms in total. The maximum absolute atomic E-state index is 15.3. The molecule has 0 saturated heterocycles. The normalized spacial score (nSPS) is 18.2. The van der Waals surface area contributed by atoms with E-state index in [1.165, 1.54) is 12.1 Å². The van der Waals surface area contributed by atoms with Crippen LogP contribution in [0, 0.1) is 47.7 Å². The highest BCUT2D eigenvalue weighted by atomic mass is 19.2. The van der Waals surface area contributed by atoms with Gasteiger partial charge in [-0.1, -0.05) is 31.5 Å². The van der Waals surface area contributed by atoms with Crippen LogP contribution >= 0.6 is 0 Å². The fourth-order valence-corrected chi connectivity index (χ4v) is 4.71. The van der Waals surface area contributed by atoms with Crippen molar-refractivity contribution in [1.29, 1.82) is 0 Å². The first-order valence-corrected chi connectivity index (χ1v) is 11.3. The molecule has 3 aromatic carbocycles. The number of hydrogen-bond donors (Lipinski definition) is 0. The second-order valence-electron chi connectivity index (χ2n) is 8.79. The molecule has 180 valence electrons. The van der Waals surface area contributed by atoms with Crippen molar-refractivity contribution < 1.29 is 31.1 Å². The molecule has 0 heterocycles. The van der Waals surface area contributed by atoms with Gasteiger partial charge in [-0.05, 0) is 68.2 Å². The molecule has 0 aromatic heterocycles. The Bertz CT molecular complexity index is 1190. The van der Waals surface area contributed by atoms with E-state index in [1.54, 1.807) is 12.1 Å². The maximum Gasteiger partial charge on any atom is 0.194 e. The Kier molecular flexibility index (Phi) is 6.91. The summed E-state index contributed by atoms with van der Waals surface area (Å²) in [5.41, 5.74) is -0.587. The van der Waals surface area contributed by atoms with Gasteiger partial charge in [0.25, 0.3) is 0 Å². The minimum atomic E-state index is -1.62. The number of para-hydroxylation sites is 1. The van der Waals surface area contributed by atoms with Crippen molar-refractivity contribution in [3.63, 3.8) is 0 Å². The molecule has 1 saturated carbocycles. The zero-order valence-electron chi connectivity index (χ0n) is 18.8. The van der Waals surface area contributed by atoms with Gasteiger partial charge in [0.1, 0.15) is 5.75 Å². The van der Waals surface area contributed by atoms with Crippen LogP contribution in [0.3, 0.4) is 0 Å². The fraction of sp³-hybridized carbons (Fsp3) is 0.333. The topological polar surface area (TPSA) is 9.23 Å². The van der Waals surface area contributed by atoms with Crippen LogP contribution in [0.2, 0.25) is 0 Å². The highest BCUT2D eigenvalue weighted by molar-refractivity contribution is 5.71. The third-order valence-electron chi connectivity index (χ3n) is 6.76. The maximum atomic E-state index is 15.3. The number of ether oxygens (including phenoxy) is 1. The third-order valence-corrected chi connectivity index (χ3v) is 6.76. The predicted octanol–water partition coefficient (Wildman–Crippen LogP) is 8.97. The molecule has 3 aromatic rings. The number of hydrogen-bond acceptors (Lipinski definition) is 1. The standard InChI is InChI=1S/C27H24F6O/c1-3-15-8-10-16(11-9-15)22-26(33)23(30)14(2)24(31)27(22)34-21-7-5-4-6-18(21)17-12-19(28)25(32)20(29)13-17/h4-7,12-13,15-16H,3,8-11H2,1-2H3. The van der Waals surface area contributed by atoms with Gasteiger partial charge in [0.2, 0.25) is 0 Å². The molecule has 1 fully saturated rings. The Balaban J connectivity index is 1.82. The van der Waals surface area contributed by atoms with Crippen molar-refractivity contribution in [2.75, 3.05) is 0 Å². The summed E-state index contributed by atoms with van der Waals surface area (Å²) in [6, 6.07) is 7.56. The lowest BCUT2D eigenvalue weighted by molar-refractivity contribution is 0.303. The number of rotatable bonds is 5. The van der Waals surface area contributed by atoms with Crippen LogP contribution < -0.4 is 4.74 Å². The molecule has 0 unspecified atom stereocenters. The molecule has 0 atom stereocenters. The quantitative estimate of drug-likeness (QED) is 0.202. The predicted molar refractivity (Wildman–Crippen MR) is 118 cm³/mol. The van der Waals surface area contributed by atoms with Crippen LogP contribution in [0.5, 0.6) is 11.5 Å². The minimum absolute atomic E-state index is 0.0271. The second kappa shape index (κ2) is 9.72.